The number of carbonyl (C=O) groups excluding carboxylic acids is 6. The fourth-order valence-electron chi connectivity index (χ4n) is 7.71. The molecule has 5 N–H and O–H groups in total. The van der Waals surface area contributed by atoms with Crippen LogP contribution in [0, 0.1) is 23.7 Å². The summed E-state index contributed by atoms with van der Waals surface area (Å²) >= 11 is 0. The van der Waals surface area contributed by atoms with Crippen molar-refractivity contribution in [1.82, 2.24) is 36.1 Å². The molecule has 312 valence electrons. The van der Waals surface area contributed by atoms with E-state index in [0.717, 1.165) is 18.4 Å². The number of ether oxygens (including phenoxy) is 1. The smallest absolute Gasteiger partial charge is 0.329 e. The molecular formula is C42H61N7O8. The van der Waals surface area contributed by atoms with E-state index in [0.29, 0.717) is 19.4 Å². The van der Waals surface area contributed by atoms with Gasteiger partial charge in [0.25, 0.3) is 11.8 Å². The normalized spacial score (nSPS) is 20.5. The number of fused-ring (bicyclic) bond motifs is 1. The van der Waals surface area contributed by atoms with E-state index in [1.165, 1.54) is 23.5 Å². The van der Waals surface area contributed by atoms with Gasteiger partial charge in [0, 0.05) is 25.4 Å². The summed E-state index contributed by atoms with van der Waals surface area (Å²) in [7, 11) is 0. The first-order valence-corrected chi connectivity index (χ1v) is 20.1. The number of esters is 1. The van der Waals surface area contributed by atoms with Gasteiger partial charge in [-0.3, -0.25) is 29.0 Å². The van der Waals surface area contributed by atoms with Crippen molar-refractivity contribution in [3.8, 4) is 0 Å². The molecule has 1 aromatic heterocycles. The lowest BCUT2D eigenvalue weighted by Gasteiger charge is -2.34. The Morgan fingerprint density at radius 2 is 1.58 bits per heavy atom. The summed E-state index contributed by atoms with van der Waals surface area (Å²) in [4.78, 5) is 91.8. The van der Waals surface area contributed by atoms with Crippen molar-refractivity contribution in [1.29, 1.82) is 0 Å². The van der Waals surface area contributed by atoms with Gasteiger partial charge in [-0.1, -0.05) is 77.8 Å². The van der Waals surface area contributed by atoms with Crippen LogP contribution >= 0.6 is 0 Å². The number of hydrogen-bond acceptors (Lipinski definition) is 10. The molecule has 1 aliphatic carbocycles. The largest absolute Gasteiger partial charge is 0.458 e. The Kier molecular flexibility index (Phi) is 15.7. The van der Waals surface area contributed by atoms with Crippen molar-refractivity contribution >= 4 is 35.5 Å². The summed E-state index contributed by atoms with van der Waals surface area (Å²) in [5, 5.41) is 22.6. The lowest BCUT2D eigenvalue weighted by Crippen LogP contribution is -2.61. The van der Waals surface area contributed by atoms with Gasteiger partial charge in [0.2, 0.25) is 17.7 Å². The SMILES string of the molecule is CCCC(NC(=O)C1[C@H]2CCC[C@H]2CN1C(=O)[C@@H](NC(=O)[C@@H](NC(=O)c1cnccn1)C(C)C)C(C)C)C(O)C(=O)N[C@@H](Cc1ccccc1)C(=O)OC(C)(C)C. The van der Waals surface area contributed by atoms with Crippen LogP contribution in [0.2, 0.25) is 0 Å². The van der Waals surface area contributed by atoms with Crippen LogP contribution in [-0.2, 0) is 35.1 Å². The number of nitrogens with zero attached hydrogens (tertiary/aromatic N) is 3. The number of nitrogens with one attached hydrogen (secondary N) is 4. The molecule has 57 heavy (non-hydrogen) atoms. The topological polar surface area (TPSA) is 209 Å². The molecular weight excluding hydrogens is 731 g/mol. The molecule has 4 rings (SSSR count). The summed E-state index contributed by atoms with van der Waals surface area (Å²) in [6.07, 6.45) is 5.71. The molecule has 15 heteroatoms. The molecule has 1 aliphatic heterocycles. The number of aliphatic hydroxyl groups excluding tert-OH is 1. The summed E-state index contributed by atoms with van der Waals surface area (Å²) in [5.41, 5.74) is 0.00286. The monoisotopic (exact) mass is 791 g/mol. The van der Waals surface area contributed by atoms with Crippen LogP contribution in [-0.4, -0.2) is 104 Å². The molecule has 2 aromatic rings. The van der Waals surface area contributed by atoms with Crippen LogP contribution in [0.4, 0.5) is 0 Å². The molecule has 3 unspecified atom stereocenters. The van der Waals surface area contributed by atoms with Crippen LogP contribution in [0.1, 0.15) is 104 Å². The Balaban J connectivity index is 1.51. The molecule has 8 atom stereocenters. The van der Waals surface area contributed by atoms with Crippen molar-refractivity contribution in [3.05, 3.63) is 60.2 Å². The van der Waals surface area contributed by atoms with Crippen LogP contribution in [0.15, 0.2) is 48.9 Å². The van der Waals surface area contributed by atoms with Crippen molar-refractivity contribution in [3.63, 3.8) is 0 Å². The van der Waals surface area contributed by atoms with E-state index < -0.39 is 77.4 Å². The summed E-state index contributed by atoms with van der Waals surface area (Å²) in [6, 6.07) is 4.08. The van der Waals surface area contributed by atoms with E-state index in [4.69, 9.17) is 4.74 Å². The fraction of sp³-hybridized carbons (Fsp3) is 0.619. The number of hydrogen-bond donors (Lipinski definition) is 5. The first-order valence-electron chi connectivity index (χ1n) is 20.1. The van der Waals surface area contributed by atoms with Gasteiger partial charge in [0.15, 0.2) is 6.10 Å². The maximum absolute atomic E-state index is 14.5. The lowest BCUT2D eigenvalue weighted by atomic mass is 9.92. The third kappa shape index (κ3) is 12.0. The van der Waals surface area contributed by atoms with Crippen LogP contribution in [0.25, 0.3) is 0 Å². The number of benzene rings is 1. The van der Waals surface area contributed by atoms with E-state index in [1.807, 2.05) is 37.3 Å². The van der Waals surface area contributed by atoms with Gasteiger partial charge in [0.1, 0.15) is 35.5 Å². The molecule has 1 saturated heterocycles. The Hall–Kier alpha value is -4.92. The quantitative estimate of drug-likeness (QED) is 0.148. The van der Waals surface area contributed by atoms with Crippen molar-refractivity contribution in [2.24, 2.45) is 23.7 Å². The summed E-state index contributed by atoms with van der Waals surface area (Å²) in [6.45, 7) is 14.5. The number of amides is 5. The van der Waals surface area contributed by atoms with E-state index >= 15 is 0 Å². The van der Waals surface area contributed by atoms with E-state index in [9.17, 15) is 33.9 Å². The average molecular weight is 792 g/mol. The molecule has 0 bridgehead atoms. The first-order chi connectivity index (χ1) is 26.9. The van der Waals surface area contributed by atoms with E-state index in [-0.39, 0.29) is 42.2 Å². The van der Waals surface area contributed by atoms with Crippen molar-refractivity contribution < 1.29 is 38.6 Å². The first kappa shape index (κ1) is 44.8. The lowest BCUT2D eigenvalue weighted by molar-refractivity contribution is -0.159. The third-order valence-corrected chi connectivity index (χ3v) is 10.6. The highest BCUT2D eigenvalue weighted by Crippen LogP contribution is 2.43. The number of carbonyl (C=O) groups is 6. The van der Waals surface area contributed by atoms with Gasteiger partial charge in [-0.2, -0.15) is 0 Å². The second kappa shape index (κ2) is 20.0. The molecule has 2 aliphatic rings. The maximum Gasteiger partial charge on any atom is 0.329 e. The van der Waals surface area contributed by atoms with Crippen molar-refractivity contribution in [2.45, 2.75) is 136 Å². The standard InChI is InChI=1S/C42H61N7O8/c1-9-14-29(35(50)39(54)46-30(41(56)57-42(6,7)8)21-26-15-11-10-12-16-26)45-38(53)34-28-18-13-17-27(28)23-49(34)40(55)33(25(4)5)48-37(52)32(24(2)3)47-36(51)31-22-43-19-20-44-31/h10-12,15-16,19-20,22,24-25,27-30,32-35,50H,9,13-14,17-18,21,23H2,1-8H3,(H,45,53)(H,46,54)(H,47,51)(H,48,52)/t27-,28-,29?,30-,32-,33-,34?,35?/m0/s1. The van der Waals surface area contributed by atoms with Crippen LogP contribution < -0.4 is 21.3 Å². The number of likely N-dealkylation sites (tertiary alicyclic amines) is 1. The maximum atomic E-state index is 14.5. The van der Waals surface area contributed by atoms with Gasteiger partial charge >= 0.3 is 5.97 Å². The number of aliphatic hydroxyl groups is 1. The Morgan fingerprint density at radius 3 is 2.18 bits per heavy atom. The molecule has 1 saturated carbocycles. The fourth-order valence-corrected chi connectivity index (χ4v) is 7.71. The minimum Gasteiger partial charge on any atom is -0.458 e. The Bertz CT molecular complexity index is 1700. The minimum atomic E-state index is -1.72. The molecule has 2 fully saturated rings. The van der Waals surface area contributed by atoms with Gasteiger partial charge in [0.05, 0.1) is 12.2 Å². The molecule has 15 nitrogen and oxygen atoms in total. The second-order valence-corrected chi connectivity index (χ2v) is 16.9. The third-order valence-electron chi connectivity index (χ3n) is 10.6. The number of aromatic nitrogens is 2. The Morgan fingerprint density at radius 1 is 0.895 bits per heavy atom. The highest BCUT2D eigenvalue weighted by molar-refractivity contribution is 5.98. The second-order valence-electron chi connectivity index (χ2n) is 16.9. The van der Waals surface area contributed by atoms with Crippen molar-refractivity contribution in [2.75, 3.05) is 6.54 Å². The molecule has 0 radical (unpaired) electrons. The zero-order chi connectivity index (χ0) is 42.0. The average Bonchev–Trinajstić information content (AvgIpc) is 3.76. The zero-order valence-electron chi connectivity index (χ0n) is 34.5. The Labute approximate surface area is 335 Å². The summed E-state index contributed by atoms with van der Waals surface area (Å²) < 4.78 is 5.59. The molecule has 2 heterocycles. The van der Waals surface area contributed by atoms with Gasteiger partial charge in [-0.15, -0.1) is 0 Å². The molecule has 5 amide bonds. The molecule has 0 spiro atoms. The van der Waals surface area contributed by atoms with Gasteiger partial charge in [-0.25, -0.2) is 9.78 Å². The van der Waals surface area contributed by atoms with Crippen LogP contribution in [0.3, 0.4) is 0 Å². The molecule has 1 aromatic carbocycles. The summed E-state index contributed by atoms with van der Waals surface area (Å²) in [5.74, 6) is -4.36. The highest BCUT2D eigenvalue weighted by atomic mass is 16.6. The van der Waals surface area contributed by atoms with E-state index in [2.05, 4.69) is 31.2 Å². The highest BCUT2D eigenvalue weighted by Gasteiger charge is 2.51. The zero-order valence-corrected chi connectivity index (χ0v) is 34.5. The number of rotatable bonds is 17. The predicted octanol–water partition coefficient (Wildman–Crippen LogP) is 2.71. The van der Waals surface area contributed by atoms with Gasteiger partial charge in [-0.05, 0) is 69.3 Å². The van der Waals surface area contributed by atoms with E-state index in [1.54, 1.807) is 48.5 Å². The van der Waals surface area contributed by atoms with Crippen LogP contribution in [0.5, 0.6) is 0 Å². The predicted molar refractivity (Wildman–Crippen MR) is 212 cm³/mol. The minimum absolute atomic E-state index is 0.0453. The van der Waals surface area contributed by atoms with Gasteiger partial charge < -0.3 is 36.0 Å².